The third-order valence-electron chi connectivity index (χ3n) is 10.5. The van der Waals surface area contributed by atoms with Crippen molar-refractivity contribution >= 4 is 11.4 Å². The van der Waals surface area contributed by atoms with E-state index in [2.05, 4.69) is 37.2 Å². The summed E-state index contributed by atoms with van der Waals surface area (Å²) in [6.45, 7) is 5.07. The fourth-order valence-corrected chi connectivity index (χ4v) is 7.82. The van der Waals surface area contributed by atoms with Crippen LogP contribution in [-0.4, -0.2) is 68.7 Å². The largest absolute Gasteiger partial charge is 0.493 e. The summed E-state index contributed by atoms with van der Waals surface area (Å²) in [6.07, 6.45) is 10.5. The maximum atomic E-state index is 15.5. The van der Waals surface area contributed by atoms with Crippen LogP contribution in [0.4, 0.5) is 15.8 Å². The molecule has 1 saturated carbocycles. The predicted molar refractivity (Wildman–Crippen MR) is 188 cm³/mol. The Kier molecular flexibility index (Phi) is 9.10. The first-order chi connectivity index (χ1) is 24.5. The quantitative estimate of drug-likeness (QED) is 0.186. The van der Waals surface area contributed by atoms with Crippen LogP contribution in [0.5, 0.6) is 5.75 Å². The van der Waals surface area contributed by atoms with Gasteiger partial charge < -0.3 is 19.3 Å². The number of hydrogen-bond donors (Lipinski definition) is 0. The highest BCUT2D eigenvalue weighted by molar-refractivity contribution is 5.55. The number of hydrogen-bond acceptors (Lipinski definition) is 8. The van der Waals surface area contributed by atoms with Gasteiger partial charge in [-0.2, -0.15) is 20.1 Å². The van der Waals surface area contributed by atoms with Crippen molar-refractivity contribution in [2.45, 2.75) is 50.8 Å². The molecule has 12 heteroatoms. The molecule has 2 saturated heterocycles. The highest BCUT2D eigenvalue weighted by atomic mass is 19.1. The highest BCUT2D eigenvalue weighted by Gasteiger charge is 2.43. The zero-order chi connectivity index (χ0) is 33.9. The van der Waals surface area contributed by atoms with E-state index in [1.165, 1.54) is 31.7 Å². The topological polar surface area (TPSA) is 95.5 Å². The van der Waals surface area contributed by atoms with E-state index in [0.29, 0.717) is 56.7 Å². The molecule has 11 nitrogen and oxygen atoms in total. The van der Waals surface area contributed by atoms with Crippen molar-refractivity contribution in [2.24, 2.45) is 11.8 Å². The number of halogens is 1. The van der Waals surface area contributed by atoms with E-state index in [9.17, 15) is 4.79 Å². The lowest BCUT2D eigenvalue weighted by Crippen LogP contribution is -2.46. The van der Waals surface area contributed by atoms with Gasteiger partial charge in [-0.05, 0) is 67.1 Å². The second-order valence-corrected chi connectivity index (χ2v) is 13.8. The lowest BCUT2D eigenvalue weighted by Gasteiger charge is -2.37. The first-order valence-electron chi connectivity index (χ1n) is 17.7. The van der Waals surface area contributed by atoms with Crippen LogP contribution in [-0.2, 0) is 23.4 Å². The van der Waals surface area contributed by atoms with Gasteiger partial charge in [0.05, 0.1) is 43.5 Å². The monoisotopic (exact) mass is 678 g/mol. The van der Waals surface area contributed by atoms with Crippen LogP contribution in [0, 0.1) is 17.7 Å². The Bertz CT molecular complexity index is 1920. The normalized spacial score (nSPS) is 21.3. The number of ether oxygens (including phenoxy) is 2. The lowest BCUT2D eigenvalue weighted by atomic mass is 9.87. The van der Waals surface area contributed by atoms with E-state index in [-0.39, 0.29) is 17.4 Å². The van der Waals surface area contributed by atoms with Gasteiger partial charge in [-0.3, -0.25) is 0 Å². The summed E-state index contributed by atoms with van der Waals surface area (Å²) in [7, 11) is 0. The molecule has 2 aliphatic heterocycles. The van der Waals surface area contributed by atoms with E-state index >= 15 is 4.39 Å². The zero-order valence-corrected chi connectivity index (χ0v) is 28.2. The lowest BCUT2D eigenvalue weighted by molar-refractivity contribution is -0.0209. The summed E-state index contributed by atoms with van der Waals surface area (Å²) >= 11 is 0. The molecule has 50 heavy (non-hydrogen) atoms. The molecule has 4 heterocycles. The molecule has 0 amide bonds. The van der Waals surface area contributed by atoms with E-state index in [1.807, 2.05) is 54.6 Å². The van der Waals surface area contributed by atoms with Gasteiger partial charge in [0.15, 0.2) is 0 Å². The Morgan fingerprint density at radius 1 is 0.840 bits per heavy atom. The third-order valence-corrected chi connectivity index (χ3v) is 10.5. The fraction of sp³-hybridized carbons (Fsp3) is 0.421. The molecular weight excluding hydrogens is 635 g/mol. The highest BCUT2D eigenvalue weighted by Crippen LogP contribution is 2.40. The van der Waals surface area contributed by atoms with Crippen molar-refractivity contribution in [1.82, 2.24) is 29.3 Å². The van der Waals surface area contributed by atoms with Gasteiger partial charge in [-0.15, -0.1) is 0 Å². The number of rotatable bonds is 11. The average Bonchev–Trinajstić information content (AvgIpc) is 3.99. The number of aromatic nitrogens is 6. The molecule has 3 fully saturated rings. The second-order valence-electron chi connectivity index (χ2n) is 13.8. The van der Waals surface area contributed by atoms with Crippen LogP contribution in [0.15, 0.2) is 96.3 Å². The molecule has 0 radical (unpaired) electrons. The molecule has 0 spiro atoms. The van der Waals surface area contributed by atoms with Gasteiger partial charge in [-0.25, -0.2) is 18.4 Å². The minimum atomic E-state index is -0.550. The first-order valence-corrected chi connectivity index (χ1v) is 17.7. The summed E-state index contributed by atoms with van der Waals surface area (Å²) in [5, 5.41) is 13.0. The minimum absolute atomic E-state index is 0.0893. The van der Waals surface area contributed by atoms with Crippen LogP contribution in [0.3, 0.4) is 0 Å². The molecule has 2 aromatic heterocycles. The summed E-state index contributed by atoms with van der Waals surface area (Å²) < 4.78 is 31.2. The SMILES string of the molecule is O=c1n(-c2ccc(N3CCN(c4ccc(OC[C@H]5CO[C@](Cn6nccn6)(c6ccccc6)C5)cc4F)CC3)cc2)cnn1CC1CCCC1. The van der Waals surface area contributed by atoms with Crippen molar-refractivity contribution in [2.75, 3.05) is 49.2 Å². The van der Waals surface area contributed by atoms with Gasteiger partial charge in [0.2, 0.25) is 0 Å². The molecule has 260 valence electrons. The Morgan fingerprint density at radius 3 is 2.30 bits per heavy atom. The summed E-state index contributed by atoms with van der Waals surface area (Å²) in [6, 6.07) is 23.4. The van der Waals surface area contributed by atoms with E-state index < -0.39 is 5.60 Å². The fourth-order valence-electron chi connectivity index (χ4n) is 7.82. The van der Waals surface area contributed by atoms with Crippen LogP contribution >= 0.6 is 0 Å². The van der Waals surface area contributed by atoms with Crippen molar-refractivity contribution in [1.29, 1.82) is 0 Å². The van der Waals surface area contributed by atoms with E-state index in [1.54, 1.807) is 32.8 Å². The maximum absolute atomic E-state index is 15.5. The van der Waals surface area contributed by atoms with Crippen molar-refractivity contribution < 1.29 is 13.9 Å². The molecule has 0 N–H and O–H groups in total. The number of piperazine rings is 1. The minimum Gasteiger partial charge on any atom is -0.493 e. The molecule has 2 atom stereocenters. The van der Waals surface area contributed by atoms with Gasteiger partial charge >= 0.3 is 5.69 Å². The van der Waals surface area contributed by atoms with Crippen molar-refractivity contribution in [3.05, 3.63) is 113 Å². The smallest absolute Gasteiger partial charge is 0.350 e. The molecule has 0 bridgehead atoms. The number of anilines is 2. The van der Waals surface area contributed by atoms with Crippen LogP contribution in [0.1, 0.15) is 37.7 Å². The third kappa shape index (κ3) is 6.76. The summed E-state index contributed by atoms with van der Waals surface area (Å²) in [5.41, 5.74) is 2.92. The molecule has 1 aliphatic carbocycles. The number of nitrogens with zero attached hydrogens (tertiary/aromatic N) is 8. The maximum Gasteiger partial charge on any atom is 0.350 e. The Balaban J connectivity index is 0.847. The molecule has 0 unspecified atom stereocenters. The first kappa shape index (κ1) is 32.2. The zero-order valence-electron chi connectivity index (χ0n) is 28.2. The molecule has 3 aliphatic rings. The van der Waals surface area contributed by atoms with E-state index in [0.717, 1.165) is 36.4 Å². The molecule has 8 rings (SSSR count). The predicted octanol–water partition coefficient (Wildman–Crippen LogP) is 5.29. The van der Waals surface area contributed by atoms with E-state index in [4.69, 9.17) is 9.47 Å². The van der Waals surface area contributed by atoms with Gasteiger partial charge in [-0.1, -0.05) is 43.2 Å². The van der Waals surface area contributed by atoms with Crippen LogP contribution < -0.4 is 20.2 Å². The van der Waals surface area contributed by atoms with Crippen LogP contribution in [0.2, 0.25) is 0 Å². The Labute approximate surface area is 290 Å². The summed E-state index contributed by atoms with van der Waals surface area (Å²) in [4.78, 5) is 19.0. The van der Waals surface area contributed by atoms with Crippen LogP contribution in [0.25, 0.3) is 5.69 Å². The Morgan fingerprint density at radius 2 is 1.56 bits per heavy atom. The Hall–Kier alpha value is -4.97. The van der Waals surface area contributed by atoms with Gasteiger partial charge in [0.1, 0.15) is 23.5 Å². The van der Waals surface area contributed by atoms with Crippen molar-refractivity contribution in [3.8, 4) is 11.4 Å². The molecular formula is C38H43FN8O3. The second kappa shape index (κ2) is 14.1. The average molecular weight is 679 g/mol. The van der Waals surface area contributed by atoms with Gasteiger partial charge in [0, 0.05) is 50.4 Å². The summed E-state index contributed by atoms with van der Waals surface area (Å²) in [5.74, 6) is 0.911. The molecule has 5 aromatic rings. The number of benzene rings is 3. The standard InChI is InChI=1S/C38H43FN8O3/c39-35-22-34(49-25-30-23-38(50-26-30,27-47-40-16-17-41-47)31-8-2-1-3-9-31)14-15-36(35)44-20-18-43(19-21-44)32-10-12-33(13-11-32)45-28-42-46(37(45)48)24-29-6-4-5-7-29/h1-3,8-17,22,28-30H,4-7,18-21,23-27H2/t30-,38+/m0/s1. The molecule has 3 aromatic carbocycles. The van der Waals surface area contributed by atoms with Crippen molar-refractivity contribution in [3.63, 3.8) is 0 Å². The van der Waals surface area contributed by atoms with Gasteiger partial charge in [0.25, 0.3) is 0 Å².